The largest absolute Gasteiger partial charge is 0.468 e. The van der Waals surface area contributed by atoms with E-state index in [4.69, 9.17) is 0 Å². The highest BCUT2D eigenvalue weighted by Crippen LogP contribution is 2.13. The highest BCUT2D eigenvalue weighted by molar-refractivity contribution is 7.99. The van der Waals surface area contributed by atoms with Crippen molar-refractivity contribution in [2.75, 3.05) is 18.2 Å². The van der Waals surface area contributed by atoms with Crippen molar-refractivity contribution in [2.24, 2.45) is 0 Å². The van der Waals surface area contributed by atoms with E-state index >= 15 is 0 Å². The van der Waals surface area contributed by atoms with E-state index in [9.17, 15) is 9.59 Å². The summed E-state index contributed by atoms with van der Waals surface area (Å²) in [5, 5.41) is 13.7. The molecule has 2 heterocycles. The fraction of sp³-hybridized carbons (Fsp3) is 0.300. The van der Waals surface area contributed by atoms with Crippen molar-refractivity contribution in [3.05, 3.63) is 18.5 Å². The minimum Gasteiger partial charge on any atom is -0.468 e. The second-order valence-corrected chi connectivity index (χ2v) is 4.55. The van der Waals surface area contributed by atoms with E-state index in [1.165, 1.54) is 24.2 Å². The molecule has 0 saturated carbocycles. The minimum atomic E-state index is -0.480. The molecule has 11 heteroatoms. The number of anilines is 1. The van der Waals surface area contributed by atoms with Gasteiger partial charge in [-0.1, -0.05) is 11.8 Å². The molecule has 0 bridgehead atoms. The van der Waals surface area contributed by atoms with Crippen molar-refractivity contribution < 1.29 is 14.3 Å². The zero-order valence-electron chi connectivity index (χ0n) is 11.0. The van der Waals surface area contributed by atoms with Gasteiger partial charge in [-0.15, -0.1) is 5.10 Å². The number of thioether (sulfide) groups is 1. The Morgan fingerprint density at radius 2 is 2.14 bits per heavy atom. The van der Waals surface area contributed by atoms with Crippen molar-refractivity contribution in [1.29, 1.82) is 0 Å². The molecule has 2 aromatic rings. The van der Waals surface area contributed by atoms with Crippen molar-refractivity contribution >= 4 is 29.6 Å². The summed E-state index contributed by atoms with van der Waals surface area (Å²) in [7, 11) is 1.27. The standard InChI is InChI=1S/C10H11N7O3S/c1-20-8(19)5-17-10(14-15-16-17)21-6-7(18)13-9-11-3-2-4-12-9/h2-4H,5-6H2,1H3,(H,11,12,13,18). The molecular weight excluding hydrogens is 298 g/mol. The zero-order valence-corrected chi connectivity index (χ0v) is 11.8. The number of nitrogens with zero attached hydrogens (tertiary/aromatic N) is 6. The zero-order chi connectivity index (χ0) is 15.1. The Balaban J connectivity index is 1.87. The maximum absolute atomic E-state index is 11.7. The van der Waals surface area contributed by atoms with Crippen molar-refractivity contribution in [3.63, 3.8) is 0 Å². The number of rotatable bonds is 6. The topological polar surface area (TPSA) is 125 Å². The minimum absolute atomic E-state index is 0.0554. The number of amides is 1. The number of hydrogen-bond donors (Lipinski definition) is 1. The lowest BCUT2D eigenvalue weighted by Crippen LogP contribution is -2.17. The van der Waals surface area contributed by atoms with Crippen LogP contribution in [0.15, 0.2) is 23.6 Å². The number of hydrogen-bond acceptors (Lipinski definition) is 9. The molecule has 0 aromatic carbocycles. The van der Waals surface area contributed by atoms with Crippen LogP contribution in [0.25, 0.3) is 0 Å². The van der Waals surface area contributed by atoms with Crippen LogP contribution in [-0.4, -0.2) is 54.9 Å². The van der Waals surface area contributed by atoms with Crippen LogP contribution >= 0.6 is 11.8 Å². The monoisotopic (exact) mass is 309 g/mol. The lowest BCUT2D eigenvalue weighted by atomic mass is 10.6. The van der Waals surface area contributed by atoms with E-state index in [1.807, 2.05) is 0 Å². The second-order valence-electron chi connectivity index (χ2n) is 3.60. The van der Waals surface area contributed by atoms with Gasteiger partial charge >= 0.3 is 5.97 Å². The predicted molar refractivity (Wildman–Crippen MR) is 71.2 cm³/mol. The van der Waals surface area contributed by atoms with Gasteiger partial charge in [0.25, 0.3) is 0 Å². The highest BCUT2D eigenvalue weighted by Gasteiger charge is 2.13. The van der Waals surface area contributed by atoms with Crippen LogP contribution in [0.1, 0.15) is 0 Å². The first-order chi connectivity index (χ1) is 10.2. The molecule has 0 aliphatic rings. The number of nitrogens with one attached hydrogen (secondary N) is 1. The third kappa shape index (κ3) is 4.49. The molecule has 2 aromatic heterocycles. The van der Waals surface area contributed by atoms with Crippen molar-refractivity contribution in [3.8, 4) is 0 Å². The van der Waals surface area contributed by atoms with Gasteiger partial charge in [0.15, 0.2) is 0 Å². The molecular formula is C10H11N7O3S. The van der Waals surface area contributed by atoms with Crippen LogP contribution < -0.4 is 5.32 Å². The Kier molecular flexibility index (Phi) is 5.15. The third-order valence-corrected chi connectivity index (χ3v) is 3.11. The average molecular weight is 309 g/mol. The normalized spacial score (nSPS) is 10.1. The SMILES string of the molecule is COC(=O)Cn1nnnc1SCC(=O)Nc1ncccn1. The number of esters is 1. The van der Waals surface area contributed by atoms with E-state index in [-0.39, 0.29) is 24.2 Å². The summed E-state index contributed by atoms with van der Waals surface area (Å²) >= 11 is 1.09. The first-order valence-corrected chi connectivity index (χ1v) is 6.70. The molecule has 0 radical (unpaired) electrons. The molecule has 21 heavy (non-hydrogen) atoms. The quantitative estimate of drug-likeness (QED) is 0.548. The molecule has 0 unspecified atom stereocenters. The Morgan fingerprint density at radius 1 is 1.38 bits per heavy atom. The summed E-state index contributed by atoms with van der Waals surface area (Å²) in [6.45, 7) is -0.116. The van der Waals surface area contributed by atoms with Crippen molar-refractivity contribution in [1.82, 2.24) is 30.2 Å². The van der Waals surface area contributed by atoms with E-state index in [1.54, 1.807) is 6.07 Å². The molecule has 0 saturated heterocycles. The molecule has 2 rings (SSSR count). The van der Waals surface area contributed by atoms with Gasteiger partial charge in [0, 0.05) is 12.4 Å². The molecule has 0 spiro atoms. The van der Waals surface area contributed by atoms with Crippen LogP contribution in [0.3, 0.4) is 0 Å². The van der Waals surface area contributed by atoms with Gasteiger partial charge in [-0.25, -0.2) is 14.6 Å². The highest BCUT2D eigenvalue weighted by atomic mass is 32.2. The summed E-state index contributed by atoms with van der Waals surface area (Å²) < 4.78 is 5.78. The van der Waals surface area contributed by atoms with E-state index in [0.29, 0.717) is 5.16 Å². The maximum atomic E-state index is 11.7. The molecule has 0 fully saturated rings. The van der Waals surface area contributed by atoms with Crippen LogP contribution in [0, 0.1) is 0 Å². The van der Waals surface area contributed by atoms with Crippen LogP contribution in [0.5, 0.6) is 0 Å². The fourth-order valence-corrected chi connectivity index (χ4v) is 1.92. The molecule has 0 aliphatic heterocycles. The lowest BCUT2D eigenvalue weighted by Gasteiger charge is -2.03. The maximum Gasteiger partial charge on any atom is 0.327 e. The predicted octanol–water partition coefficient (Wildman–Crippen LogP) is -0.633. The molecule has 0 atom stereocenters. The Labute approximate surface area is 123 Å². The Morgan fingerprint density at radius 3 is 2.86 bits per heavy atom. The first kappa shape index (κ1) is 14.8. The number of carbonyl (C=O) groups is 2. The molecule has 0 aliphatic carbocycles. The fourth-order valence-electron chi connectivity index (χ4n) is 1.24. The van der Waals surface area contributed by atoms with Gasteiger partial charge in [0.1, 0.15) is 6.54 Å². The number of methoxy groups -OCH3 is 1. The van der Waals surface area contributed by atoms with Gasteiger partial charge in [0.05, 0.1) is 12.9 Å². The van der Waals surface area contributed by atoms with Crippen LogP contribution in [-0.2, 0) is 20.9 Å². The Bertz CT molecular complexity index is 618. The molecule has 110 valence electrons. The van der Waals surface area contributed by atoms with Gasteiger partial charge < -0.3 is 4.74 Å². The van der Waals surface area contributed by atoms with Crippen LogP contribution in [0.4, 0.5) is 5.95 Å². The lowest BCUT2D eigenvalue weighted by molar-refractivity contribution is -0.141. The van der Waals surface area contributed by atoms with Crippen molar-refractivity contribution in [2.45, 2.75) is 11.7 Å². The molecule has 1 N–H and O–H groups in total. The van der Waals surface area contributed by atoms with E-state index < -0.39 is 5.97 Å². The molecule has 1 amide bonds. The summed E-state index contributed by atoms with van der Waals surface area (Å²) in [5.74, 6) is -0.512. The molecule has 10 nitrogen and oxygen atoms in total. The summed E-state index contributed by atoms with van der Waals surface area (Å²) in [5.41, 5.74) is 0. The van der Waals surface area contributed by atoms with Gasteiger partial charge in [-0.05, 0) is 16.5 Å². The smallest absolute Gasteiger partial charge is 0.327 e. The summed E-state index contributed by atoms with van der Waals surface area (Å²) in [4.78, 5) is 30.6. The Hall–Kier alpha value is -2.56. The van der Waals surface area contributed by atoms with Gasteiger partial charge in [0.2, 0.25) is 17.0 Å². The van der Waals surface area contributed by atoms with Gasteiger partial charge in [-0.3, -0.25) is 14.9 Å². The van der Waals surface area contributed by atoms with E-state index in [2.05, 4.69) is 35.5 Å². The number of ether oxygens (including phenoxy) is 1. The van der Waals surface area contributed by atoms with E-state index in [0.717, 1.165) is 11.8 Å². The van der Waals surface area contributed by atoms with Gasteiger partial charge in [-0.2, -0.15) is 0 Å². The first-order valence-electron chi connectivity index (χ1n) is 5.71. The second kappa shape index (κ2) is 7.28. The number of tetrazole rings is 1. The van der Waals surface area contributed by atoms with Crippen LogP contribution in [0.2, 0.25) is 0 Å². The average Bonchev–Trinajstić information content (AvgIpc) is 2.93. The number of carbonyl (C=O) groups excluding carboxylic acids is 2. The third-order valence-electron chi connectivity index (χ3n) is 2.15. The number of aromatic nitrogens is 6. The summed E-state index contributed by atoms with van der Waals surface area (Å²) in [6.07, 6.45) is 3.04. The summed E-state index contributed by atoms with van der Waals surface area (Å²) in [6, 6.07) is 1.64.